The number of ether oxygens (including phenoxy) is 1. The molecule has 0 radical (unpaired) electrons. The Morgan fingerprint density at radius 1 is 1.26 bits per heavy atom. The molecule has 2 aromatic rings. The second kappa shape index (κ2) is 9.00. The van der Waals surface area contributed by atoms with E-state index in [-0.39, 0.29) is 21.8 Å². The Balaban J connectivity index is 2.34. The van der Waals surface area contributed by atoms with Crippen molar-refractivity contribution in [1.82, 2.24) is 0 Å². The molecule has 0 aromatic heterocycles. The monoisotopic (exact) mass is 391 g/mol. The highest BCUT2D eigenvalue weighted by atomic mass is 35.5. The van der Waals surface area contributed by atoms with Gasteiger partial charge in [0.15, 0.2) is 0 Å². The van der Waals surface area contributed by atoms with Crippen LogP contribution in [0.15, 0.2) is 36.4 Å². The molecular formula is C18H18ClN3O5. The van der Waals surface area contributed by atoms with Crippen LogP contribution in [0.25, 0.3) is 0 Å². The molecule has 0 aliphatic carbocycles. The normalized spacial score (nSPS) is 10.3. The highest BCUT2D eigenvalue weighted by Gasteiger charge is 2.22. The molecule has 9 heteroatoms. The molecule has 0 bridgehead atoms. The van der Waals surface area contributed by atoms with Crippen molar-refractivity contribution >= 4 is 34.8 Å². The van der Waals surface area contributed by atoms with Crippen LogP contribution in [0.4, 0.5) is 11.4 Å². The van der Waals surface area contributed by atoms with Gasteiger partial charge in [-0.2, -0.15) is 0 Å². The first-order valence-corrected chi connectivity index (χ1v) is 8.53. The van der Waals surface area contributed by atoms with Gasteiger partial charge in [0.2, 0.25) is 0 Å². The minimum absolute atomic E-state index is 0.0218. The Morgan fingerprint density at radius 2 is 1.96 bits per heavy atom. The van der Waals surface area contributed by atoms with Gasteiger partial charge < -0.3 is 15.8 Å². The van der Waals surface area contributed by atoms with Gasteiger partial charge in [-0.1, -0.05) is 37.1 Å². The number of carbonyl (C=O) groups is 2. The fourth-order valence-corrected chi connectivity index (χ4v) is 2.54. The summed E-state index contributed by atoms with van der Waals surface area (Å²) in [7, 11) is 0. The minimum Gasteiger partial charge on any atom is -0.493 e. The number of unbranched alkanes of at least 4 members (excludes halogenated alkanes) is 1. The molecule has 0 atom stereocenters. The van der Waals surface area contributed by atoms with Crippen molar-refractivity contribution in [3.05, 3.63) is 62.7 Å². The second-order valence-corrected chi connectivity index (χ2v) is 6.03. The number of para-hydroxylation sites is 1. The van der Waals surface area contributed by atoms with E-state index in [2.05, 4.69) is 5.32 Å². The van der Waals surface area contributed by atoms with Crippen molar-refractivity contribution in [2.24, 2.45) is 5.73 Å². The third kappa shape index (κ3) is 4.95. The number of hydrogen-bond donors (Lipinski definition) is 2. The summed E-state index contributed by atoms with van der Waals surface area (Å²) in [6.07, 6.45) is 1.78. The lowest BCUT2D eigenvalue weighted by Crippen LogP contribution is -2.19. The summed E-state index contributed by atoms with van der Waals surface area (Å²) in [5.74, 6) is -1.11. The molecular weight excluding hydrogens is 374 g/mol. The fraction of sp³-hybridized carbons (Fsp3) is 0.222. The first-order valence-electron chi connectivity index (χ1n) is 8.16. The SMILES string of the molecule is CCCCOc1ccccc1C(=O)Nc1cc(Cl)c([N+](=O)[O-])cc1C(N)=O. The third-order valence-electron chi connectivity index (χ3n) is 3.68. The maximum absolute atomic E-state index is 12.7. The number of benzene rings is 2. The molecule has 27 heavy (non-hydrogen) atoms. The summed E-state index contributed by atoms with van der Waals surface area (Å²) >= 11 is 5.88. The maximum Gasteiger partial charge on any atom is 0.288 e. The summed E-state index contributed by atoms with van der Waals surface area (Å²) in [6.45, 7) is 2.47. The van der Waals surface area contributed by atoms with E-state index in [1.807, 2.05) is 6.92 Å². The molecule has 0 saturated carbocycles. The zero-order valence-electron chi connectivity index (χ0n) is 14.5. The average Bonchev–Trinajstić information content (AvgIpc) is 2.61. The second-order valence-electron chi connectivity index (χ2n) is 5.62. The third-order valence-corrected chi connectivity index (χ3v) is 3.99. The van der Waals surface area contributed by atoms with E-state index < -0.39 is 22.4 Å². The number of hydrogen-bond acceptors (Lipinski definition) is 5. The van der Waals surface area contributed by atoms with Gasteiger partial charge in [-0.3, -0.25) is 19.7 Å². The van der Waals surface area contributed by atoms with Crippen LogP contribution in [-0.4, -0.2) is 23.3 Å². The molecule has 0 saturated heterocycles. The van der Waals surface area contributed by atoms with Crippen molar-refractivity contribution in [3.8, 4) is 5.75 Å². The molecule has 0 aliphatic rings. The average molecular weight is 392 g/mol. The highest BCUT2D eigenvalue weighted by Crippen LogP contribution is 2.31. The molecule has 0 heterocycles. The van der Waals surface area contributed by atoms with Crippen LogP contribution < -0.4 is 15.8 Å². The summed E-state index contributed by atoms with van der Waals surface area (Å²) in [5, 5.41) is 13.3. The fourth-order valence-electron chi connectivity index (χ4n) is 2.31. The van der Waals surface area contributed by atoms with E-state index in [4.69, 9.17) is 22.1 Å². The van der Waals surface area contributed by atoms with Gasteiger partial charge in [-0.25, -0.2) is 0 Å². The zero-order chi connectivity index (χ0) is 20.0. The molecule has 0 fully saturated rings. The molecule has 2 amide bonds. The van der Waals surface area contributed by atoms with Gasteiger partial charge in [-0.05, 0) is 24.6 Å². The summed E-state index contributed by atoms with van der Waals surface area (Å²) in [6, 6.07) is 8.67. The Labute approximate surface area is 160 Å². The molecule has 2 rings (SSSR count). The van der Waals surface area contributed by atoms with Crippen molar-refractivity contribution in [2.75, 3.05) is 11.9 Å². The van der Waals surface area contributed by atoms with Gasteiger partial charge >= 0.3 is 0 Å². The topological polar surface area (TPSA) is 125 Å². The standard InChI is InChI=1S/C18H18ClN3O5/c1-2-3-8-27-16-7-5-4-6-11(16)18(24)21-14-10-13(19)15(22(25)26)9-12(14)17(20)23/h4-7,9-10H,2-3,8H2,1H3,(H2,20,23)(H,21,24). The lowest BCUT2D eigenvalue weighted by molar-refractivity contribution is -0.384. The first kappa shape index (κ1) is 20.2. The predicted octanol–water partition coefficient (Wildman–Crippen LogP) is 3.78. The van der Waals surface area contributed by atoms with E-state index in [0.717, 1.165) is 25.0 Å². The highest BCUT2D eigenvalue weighted by molar-refractivity contribution is 6.33. The number of nitro groups is 1. The Kier molecular flexibility index (Phi) is 6.73. The number of carbonyl (C=O) groups excluding carboxylic acids is 2. The van der Waals surface area contributed by atoms with Crippen LogP contribution in [-0.2, 0) is 0 Å². The zero-order valence-corrected chi connectivity index (χ0v) is 15.3. The number of anilines is 1. The van der Waals surface area contributed by atoms with Crippen molar-refractivity contribution in [2.45, 2.75) is 19.8 Å². The van der Waals surface area contributed by atoms with Crippen LogP contribution in [0.2, 0.25) is 5.02 Å². The number of rotatable bonds is 8. The molecule has 0 aliphatic heterocycles. The van der Waals surface area contributed by atoms with Gasteiger partial charge in [0, 0.05) is 6.07 Å². The van der Waals surface area contributed by atoms with Crippen LogP contribution in [0.3, 0.4) is 0 Å². The van der Waals surface area contributed by atoms with E-state index in [1.165, 1.54) is 0 Å². The van der Waals surface area contributed by atoms with Crippen molar-refractivity contribution in [3.63, 3.8) is 0 Å². The Morgan fingerprint density at radius 3 is 2.59 bits per heavy atom. The Bertz CT molecular complexity index is 885. The number of nitro benzene ring substituents is 1. The van der Waals surface area contributed by atoms with Gasteiger partial charge in [-0.15, -0.1) is 0 Å². The lowest BCUT2D eigenvalue weighted by atomic mass is 10.1. The van der Waals surface area contributed by atoms with Crippen molar-refractivity contribution in [1.29, 1.82) is 0 Å². The van der Waals surface area contributed by atoms with E-state index in [0.29, 0.717) is 12.4 Å². The molecule has 0 spiro atoms. The molecule has 8 nitrogen and oxygen atoms in total. The Hall–Kier alpha value is -3.13. The van der Waals surface area contributed by atoms with Crippen LogP contribution in [0.1, 0.15) is 40.5 Å². The number of nitrogens with two attached hydrogens (primary N) is 1. The minimum atomic E-state index is -0.933. The number of nitrogens with one attached hydrogen (secondary N) is 1. The number of halogens is 1. The largest absolute Gasteiger partial charge is 0.493 e. The van der Waals surface area contributed by atoms with E-state index >= 15 is 0 Å². The smallest absolute Gasteiger partial charge is 0.288 e. The van der Waals surface area contributed by atoms with Gasteiger partial charge in [0.1, 0.15) is 10.8 Å². The van der Waals surface area contributed by atoms with E-state index in [1.54, 1.807) is 24.3 Å². The first-order chi connectivity index (χ1) is 12.8. The molecule has 0 unspecified atom stereocenters. The maximum atomic E-state index is 12.7. The van der Waals surface area contributed by atoms with Gasteiger partial charge in [0.25, 0.3) is 17.5 Å². The molecule has 142 valence electrons. The summed E-state index contributed by atoms with van der Waals surface area (Å²) in [4.78, 5) is 34.5. The number of amides is 2. The number of nitrogens with zero attached hydrogens (tertiary/aromatic N) is 1. The summed E-state index contributed by atoms with van der Waals surface area (Å²) < 4.78 is 5.62. The quantitative estimate of drug-likeness (QED) is 0.402. The van der Waals surface area contributed by atoms with Crippen LogP contribution in [0.5, 0.6) is 5.75 Å². The summed E-state index contributed by atoms with van der Waals surface area (Å²) in [5.41, 5.74) is 4.81. The van der Waals surface area contributed by atoms with Gasteiger partial charge in [0.05, 0.1) is 28.3 Å². The molecule has 3 N–H and O–H groups in total. The van der Waals surface area contributed by atoms with Crippen molar-refractivity contribution < 1.29 is 19.2 Å². The predicted molar refractivity (Wildman–Crippen MR) is 101 cm³/mol. The molecule has 2 aromatic carbocycles. The lowest BCUT2D eigenvalue weighted by Gasteiger charge is -2.13. The van der Waals surface area contributed by atoms with Crippen LogP contribution >= 0.6 is 11.6 Å². The van der Waals surface area contributed by atoms with E-state index in [9.17, 15) is 19.7 Å². The number of primary amides is 1. The van der Waals surface area contributed by atoms with Crippen LogP contribution in [0, 0.1) is 10.1 Å².